The van der Waals surface area contributed by atoms with E-state index in [-0.39, 0.29) is 11.9 Å². The molecule has 0 aromatic carbocycles. The van der Waals surface area contributed by atoms with Crippen molar-refractivity contribution in [3.05, 3.63) is 18.7 Å². The van der Waals surface area contributed by atoms with Gasteiger partial charge in [0, 0.05) is 18.9 Å². The van der Waals surface area contributed by atoms with Crippen molar-refractivity contribution in [2.45, 2.75) is 37.8 Å². The summed E-state index contributed by atoms with van der Waals surface area (Å²) in [6.07, 6.45) is 9.08. The number of hydrogen-bond donors (Lipinski definition) is 1. The van der Waals surface area contributed by atoms with Gasteiger partial charge in [-0.15, -0.1) is 0 Å². The molecule has 0 aliphatic heterocycles. The molecule has 2 rings (SSSR count). The second-order valence-electron chi connectivity index (χ2n) is 4.71. The van der Waals surface area contributed by atoms with E-state index < -0.39 is 5.54 Å². The van der Waals surface area contributed by atoms with Crippen LogP contribution in [0.5, 0.6) is 0 Å². The van der Waals surface area contributed by atoms with Gasteiger partial charge < -0.3 is 15.0 Å². The maximum absolute atomic E-state index is 11.7. The smallest absolute Gasteiger partial charge is 0.326 e. The fourth-order valence-electron chi connectivity index (χ4n) is 2.69. The average Bonchev–Trinajstić information content (AvgIpc) is 2.95. The highest BCUT2D eigenvalue weighted by Gasteiger charge is 2.46. The number of hydrogen-bond acceptors (Lipinski definition) is 4. The second kappa shape index (κ2) is 4.87. The van der Waals surface area contributed by atoms with Gasteiger partial charge in [0.2, 0.25) is 0 Å². The number of aryl methyl sites for hydroxylation is 1. The predicted molar refractivity (Wildman–Crippen MR) is 63.1 cm³/mol. The Kier molecular flexibility index (Phi) is 3.47. The van der Waals surface area contributed by atoms with E-state index in [1.165, 1.54) is 7.11 Å². The summed E-state index contributed by atoms with van der Waals surface area (Å²) in [6.45, 7) is 0.848. The van der Waals surface area contributed by atoms with Crippen LogP contribution in [0.25, 0.3) is 0 Å². The molecule has 1 aromatic rings. The lowest BCUT2D eigenvalue weighted by Crippen LogP contribution is -2.51. The van der Waals surface area contributed by atoms with E-state index in [2.05, 4.69) is 4.98 Å². The van der Waals surface area contributed by atoms with Crippen molar-refractivity contribution in [2.24, 2.45) is 11.7 Å². The molecule has 17 heavy (non-hydrogen) atoms. The van der Waals surface area contributed by atoms with Crippen molar-refractivity contribution >= 4 is 5.97 Å². The van der Waals surface area contributed by atoms with Gasteiger partial charge in [0.25, 0.3) is 0 Å². The highest BCUT2D eigenvalue weighted by atomic mass is 16.5. The standard InChI is InChI=1S/C12H19N3O2/c1-17-11(16)12(13)5-2-3-10(12)4-7-15-8-6-14-9-15/h6,8-10H,2-5,7,13H2,1H3. The van der Waals surface area contributed by atoms with Gasteiger partial charge in [0.05, 0.1) is 13.4 Å². The van der Waals surface area contributed by atoms with Gasteiger partial charge in [-0.05, 0) is 25.2 Å². The molecule has 1 fully saturated rings. The van der Waals surface area contributed by atoms with E-state index in [0.717, 1.165) is 32.2 Å². The van der Waals surface area contributed by atoms with Gasteiger partial charge in [-0.1, -0.05) is 6.42 Å². The fourth-order valence-corrected chi connectivity index (χ4v) is 2.69. The molecule has 2 N–H and O–H groups in total. The average molecular weight is 237 g/mol. The van der Waals surface area contributed by atoms with Crippen LogP contribution in [0.4, 0.5) is 0 Å². The van der Waals surface area contributed by atoms with Crippen molar-refractivity contribution in [3.8, 4) is 0 Å². The predicted octanol–water partition coefficient (Wildman–Crippen LogP) is 0.944. The maximum atomic E-state index is 11.7. The lowest BCUT2D eigenvalue weighted by Gasteiger charge is -2.28. The zero-order valence-corrected chi connectivity index (χ0v) is 10.1. The Morgan fingerprint density at radius 2 is 2.53 bits per heavy atom. The van der Waals surface area contributed by atoms with Gasteiger partial charge in [-0.3, -0.25) is 4.79 Å². The third-order valence-electron chi connectivity index (χ3n) is 3.73. The van der Waals surface area contributed by atoms with Crippen LogP contribution < -0.4 is 5.73 Å². The molecule has 1 heterocycles. The normalized spacial score (nSPS) is 28.2. The lowest BCUT2D eigenvalue weighted by atomic mass is 9.85. The lowest BCUT2D eigenvalue weighted by molar-refractivity contribution is -0.148. The third kappa shape index (κ3) is 2.34. The van der Waals surface area contributed by atoms with Crippen LogP contribution in [0.15, 0.2) is 18.7 Å². The van der Waals surface area contributed by atoms with Gasteiger partial charge in [-0.2, -0.15) is 0 Å². The quantitative estimate of drug-likeness (QED) is 0.791. The highest BCUT2D eigenvalue weighted by molar-refractivity contribution is 5.81. The molecular formula is C12H19N3O2. The molecule has 0 saturated heterocycles. The molecule has 0 spiro atoms. The molecule has 94 valence electrons. The minimum absolute atomic E-state index is 0.206. The Hall–Kier alpha value is -1.36. The summed E-state index contributed by atoms with van der Waals surface area (Å²) in [5, 5.41) is 0. The van der Waals surface area contributed by atoms with E-state index >= 15 is 0 Å². The van der Waals surface area contributed by atoms with Crippen molar-refractivity contribution in [3.63, 3.8) is 0 Å². The monoisotopic (exact) mass is 237 g/mol. The third-order valence-corrected chi connectivity index (χ3v) is 3.73. The van der Waals surface area contributed by atoms with Gasteiger partial charge in [0.15, 0.2) is 0 Å². The number of esters is 1. The maximum Gasteiger partial charge on any atom is 0.326 e. The molecule has 0 bridgehead atoms. The highest BCUT2D eigenvalue weighted by Crippen LogP contribution is 2.37. The van der Waals surface area contributed by atoms with Crippen molar-refractivity contribution in [1.82, 2.24) is 9.55 Å². The van der Waals surface area contributed by atoms with Crippen molar-refractivity contribution < 1.29 is 9.53 Å². The van der Waals surface area contributed by atoms with E-state index in [0.29, 0.717) is 0 Å². The molecule has 2 unspecified atom stereocenters. The van der Waals surface area contributed by atoms with Gasteiger partial charge in [-0.25, -0.2) is 4.98 Å². The molecule has 5 nitrogen and oxygen atoms in total. The summed E-state index contributed by atoms with van der Waals surface area (Å²) in [4.78, 5) is 15.7. The Morgan fingerprint density at radius 1 is 1.71 bits per heavy atom. The van der Waals surface area contributed by atoms with Crippen LogP contribution in [0, 0.1) is 5.92 Å². The minimum Gasteiger partial charge on any atom is -0.468 e. The number of rotatable bonds is 4. The first kappa shape index (κ1) is 12.1. The van der Waals surface area contributed by atoms with E-state index in [1.54, 1.807) is 12.5 Å². The summed E-state index contributed by atoms with van der Waals surface area (Å²) in [6, 6.07) is 0. The molecule has 1 aromatic heterocycles. The first-order chi connectivity index (χ1) is 8.16. The minimum atomic E-state index is -0.782. The van der Waals surface area contributed by atoms with E-state index in [1.807, 2.05) is 10.8 Å². The molecule has 1 aliphatic carbocycles. The van der Waals surface area contributed by atoms with Crippen LogP contribution in [0.2, 0.25) is 0 Å². The largest absolute Gasteiger partial charge is 0.468 e. The first-order valence-electron chi connectivity index (χ1n) is 6.00. The molecular weight excluding hydrogens is 218 g/mol. The number of carbonyl (C=O) groups is 1. The molecule has 0 radical (unpaired) electrons. The zero-order chi connectivity index (χ0) is 12.3. The summed E-state index contributed by atoms with van der Waals surface area (Å²) < 4.78 is 6.83. The fraction of sp³-hybridized carbons (Fsp3) is 0.667. The summed E-state index contributed by atoms with van der Waals surface area (Å²) in [7, 11) is 1.40. The summed E-state index contributed by atoms with van der Waals surface area (Å²) >= 11 is 0. The van der Waals surface area contributed by atoms with Crippen LogP contribution >= 0.6 is 0 Å². The molecule has 1 aliphatic rings. The number of aromatic nitrogens is 2. The van der Waals surface area contributed by atoms with Crippen molar-refractivity contribution in [1.29, 1.82) is 0 Å². The van der Waals surface area contributed by atoms with Crippen LogP contribution in [-0.4, -0.2) is 28.2 Å². The second-order valence-corrected chi connectivity index (χ2v) is 4.71. The first-order valence-corrected chi connectivity index (χ1v) is 6.00. The molecule has 0 amide bonds. The summed E-state index contributed by atoms with van der Waals surface area (Å²) in [5.41, 5.74) is 5.41. The molecule has 2 atom stereocenters. The number of imidazole rings is 1. The summed E-state index contributed by atoms with van der Waals surface area (Å²) in [5.74, 6) is -0.0667. The Morgan fingerprint density at radius 3 is 3.18 bits per heavy atom. The Balaban J connectivity index is 1.97. The number of ether oxygens (including phenoxy) is 1. The Labute approximate surface area is 101 Å². The van der Waals surface area contributed by atoms with E-state index in [9.17, 15) is 4.79 Å². The SMILES string of the molecule is COC(=O)C1(N)CCCC1CCn1ccnc1. The number of methoxy groups -OCH3 is 1. The van der Waals surface area contributed by atoms with E-state index in [4.69, 9.17) is 10.5 Å². The molecule has 1 saturated carbocycles. The van der Waals surface area contributed by atoms with Crippen LogP contribution in [-0.2, 0) is 16.1 Å². The van der Waals surface area contributed by atoms with Gasteiger partial charge in [0.1, 0.15) is 5.54 Å². The van der Waals surface area contributed by atoms with Gasteiger partial charge >= 0.3 is 5.97 Å². The Bertz CT molecular complexity index is 377. The number of nitrogens with two attached hydrogens (primary N) is 1. The van der Waals surface area contributed by atoms with Crippen LogP contribution in [0.3, 0.4) is 0 Å². The number of nitrogens with zero attached hydrogens (tertiary/aromatic N) is 2. The van der Waals surface area contributed by atoms with Crippen LogP contribution in [0.1, 0.15) is 25.7 Å². The number of carbonyl (C=O) groups excluding carboxylic acids is 1. The topological polar surface area (TPSA) is 70.1 Å². The zero-order valence-electron chi connectivity index (χ0n) is 10.1. The van der Waals surface area contributed by atoms with Crippen molar-refractivity contribution in [2.75, 3.05) is 7.11 Å². The molecule has 5 heteroatoms.